The second-order valence-corrected chi connectivity index (χ2v) is 7.19. The normalized spacial score (nSPS) is 11.2. The fourth-order valence-electron chi connectivity index (χ4n) is 3.33. The maximum absolute atomic E-state index is 13.4. The highest BCUT2D eigenvalue weighted by Crippen LogP contribution is 2.32. The number of carbonyl (C=O) groups excluding carboxylic acids is 1. The second kappa shape index (κ2) is 8.53. The Morgan fingerprint density at radius 3 is 2.61 bits per heavy atom. The van der Waals surface area contributed by atoms with Crippen LogP contribution in [0.4, 0.5) is 4.39 Å². The van der Waals surface area contributed by atoms with Crippen LogP contribution in [0.15, 0.2) is 71.8 Å². The zero-order valence-corrected chi connectivity index (χ0v) is 17.1. The van der Waals surface area contributed by atoms with E-state index in [1.165, 1.54) is 24.4 Å². The number of rotatable bonds is 5. The number of carbonyl (C=O) groups is 1. The highest BCUT2D eigenvalue weighted by Gasteiger charge is 2.19. The molecule has 0 aliphatic rings. The first-order valence-corrected chi connectivity index (χ1v) is 9.67. The van der Waals surface area contributed by atoms with Gasteiger partial charge in [0.25, 0.3) is 5.56 Å². The molecule has 2 aromatic carbocycles. The van der Waals surface area contributed by atoms with Crippen LogP contribution in [0.1, 0.15) is 15.9 Å². The van der Waals surface area contributed by atoms with Crippen molar-refractivity contribution in [3.8, 4) is 16.9 Å². The standard InChI is InChI=1S/C24H16ClFN2O3/c1-31-18-6-3-15(4-7-18)22-19-11-16(25)5-8-20(19)28-24(30)23(22)21(29)9-2-14-10-17(26)13-27-12-14/h2-13H,1H3,(H,28,30)/b9-2+. The van der Waals surface area contributed by atoms with Crippen molar-refractivity contribution in [1.82, 2.24) is 9.97 Å². The van der Waals surface area contributed by atoms with Gasteiger partial charge in [-0.3, -0.25) is 14.6 Å². The molecule has 0 aliphatic carbocycles. The van der Waals surface area contributed by atoms with Crippen LogP contribution in [0.2, 0.25) is 5.02 Å². The van der Waals surface area contributed by atoms with Crippen LogP contribution < -0.4 is 10.3 Å². The number of halogens is 2. The SMILES string of the molecule is COc1ccc(-c2c(C(=O)/C=C/c3cncc(F)c3)c(=O)[nH]c3ccc(Cl)cc23)cc1. The van der Waals surface area contributed by atoms with Crippen LogP contribution in [0, 0.1) is 5.82 Å². The lowest BCUT2D eigenvalue weighted by atomic mass is 9.93. The van der Waals surface area contributed by atoms with Gasteiger partial charge in [0, 0.05) is 27.7 Å². The number of ether oxygens (including phenoxy) is 1. The predicted molar refractivity (Wildman–Crippen MR) is 119 cm³/mol. The molecule has 5 nitrogen and oxygen atoms in total. The molecule has 0 atom stereocenters. The highest BCUT2D eigenvalue weighted by molar-refractivity contribution is 6.31. The molecule has 0 saturated heterocycles. The number of aromatic nitrogens is 2. The van der Waals surface area contributed by atoms with Crippen molar-refractivity contribution in [3.63, 3.8) is 0 Å². The summed E-state index contributed by atoms with van der Waals surface area (Å²) in [6.45, 7) is 0. The Morgan fingerprint density at radius 1 is 1.13 bits per heavy atom. The molecule has 7 heteroatoms. The zero-order valence-electron chi connectivity index (χ0n) is 16.4. The predicted octanol–water partition coefficient (Wildman–Crippen LogP) is 5.29. The molecule has 2 heterocycles. The van der Waals surface area contributed by atoms with Crippen LogP contribution in [0.25, 0.3) is 28.1 Å². The van der Waals surface area contributed by atoms with E-state index in [9.17, 15) is 14.0 Å². The van der Waals surface area contributed by atoms with E-state index in [0.29, 0.717) is 38.4 Å². The summed E-state index contributed by atoms with van der Waals surface area (Å²) in [4.78, 5) is 32.5. The summed E-state index contributed by atoms with van der Waals surface area (Å²) in [7, 11) is 1.55. The monoisotopic (exact) mass is 434 g/mol. The fraction of sp³-hybridized carbons (Fsp3) is 0.0417. The van der Waals surface area contributed by atoms with Gasteiger partial charge < -0.3 is 9.72 Å². The van der Waals surface area contributed by atoms with Gasteiger partial charge in [-0.1, -0.05) is 23.7 Å². The van der Waals surface area contributed by atoms with Gasteiger partial charge in [0.05, 0.1) is 18.9 Å². The highest BCUT2D eigenvalue weighted by atomic mass is 35.5. The van der Waals surface area contributed by atoms with Crippen LogP contribution in [-0.4, -0.2) is 22.9 Å². The summed E-state index contributed by atoms with van der Waals surface area (Å²) in [6, 6.07) is 13.3. The maximum atomic E-state index is 13.4. The zero-order chi connectivity index (χ0) is 22.0. The average Bonchev–Trinajstić information content (AvgIpc) is 2.77. The quantitative estimate of drug-likeness (QED) is 0.342. The molecule has 31 heavy (non-hydrogen) atoms. The number of hydrogen-bond donors (Lipinski definition) is 1. The van der Waals surface area contributed by atoms with Crippen molar-refractivity contribution in [1.29, 1.82) is 0 Å². The lowest BCUT2D eigenvalue weighted by Gasteiger charge is -2.12. The van der Waals surface area contributed by atoms with Gasteiger partial charge in [0.15, 0.2) is 5.78 Å². The number of H-pyrrole nitrogens is 1. The van der Waals surface area contributed by atoms with Gasteiger partial charge in [0.1, 0.15) is 11.6 Å². The van der Waals surface area contributed by atoms with E-state index in [0.717, 1.165) is 6.20 Å². The number of hydrogen-bond acceptors (Lipinski definition) is 4. The summed E-state index contributed by atoms with van der Waals surface area (Å²) < 4.78 is 18.6. The average molecular weight is 435 g/mol. The summed E-state index contributed by atoms with van der Waals surface area (Å²) >= 11 is 6.20. The smallest absolute Gasteiger partial charge is 0.260 e. The molecular formula is C24H16ClFN2O3. The number of methoxy groups -OCH3 is 1. The minimum atomic E-state index is -0.535. The Labute approximate surface area is 181 Å². The van der Waals surface area contributed by atoms with E-state index in [1.54, 1.807) is 49.6 Å². The fourth-order valence-corrected chi connectivity index (χ4v) is 3.50. The molecule has 2 aromatic heterocycles. The van der Waals surface area contributed by atoms with Crippen molar-refractivity contribution < 1.29 is 13.9 Å². The molecule has 0 fully saturated rings. The van der Waals surface area contributed by atoms with Crippen molar-refractivity contribution in [3.05, 3.63) is 99.3 Å². The number of pyridine rings is 2. The number of allylic oxidation sites excluding steroid dienone is 1. The van der Waals surface area contributed by atoms with Crippen molar-refractivity contribution >= 4 is 34.4 Å². The van der Waals surface area contributed by atoms with Gasteiger partial charge in [0.2, 0.25) is 0 Å². The number of nitrogens with one attached hydrogen (secondary N) is 1. The molecule has 0 saturated carbocycles. The second-order valence-electron chi connectivity index (χ2n) is 6.76. The first-order chi connectivity index (χ1) is 15.0. The number of nitrogens with zero attached hydrogens (tertiary/aromatic N) is 1. The Kier molecular flexibility index (Phi) is 5.64. The molecule has 4 rings (SSSR count). The van der Waals surface area contributed by atoms with Gasteiger partial charge in [-0.05, 0) is 59.7 Å². The third kappa shape index (κ3) is 4.25. The van der Waals surface area contributed by atoms with E-state index >= 15 is 0 Å². The molecule has 0 bridgehead atoms. The minimum Gasteiger partial charge on any atom is -0.497 e. The first kappa shape index (κ1) is 20.5. The summed E-state index contributed by atoms with van der Waals surface area (Å²) in [5.41, 5.74) is 1.49. The number of benzene rings is 2. The van der Waals surface area contributed by atoms with Crippen LogP contribution in [0.5, 0.6) is 5.75 Å². The third-order valence-electron chi connectivity index (χ3n) is 4.75. The molecule has 0 aliphatic heterocycles. The number of ketones is 1. The molecule has 1 N–H and O–H groups in total. The number of aromatic amines is 1. The van der Waals surface area contributed by atoms with Crippen LogP contribution in [-0.2, 0) is 0 Å². The number of fused-ring (bicyclic) bond motifs is 1. The van der Waals surface area contributed by atoms with Gasteiger partial charge in [-0.2, -0.15) is 0 Å². The van der Waals surface area contributed by atoms with Crippen LogP contribution in [0.3, 0.4) is 0 Å². The minimum absolute atomic E-state index is 0.0412. The molecule has 0 radical (unpaired) electrons. The van der Waals surface area contributed by atoms with Crippen LogP contribution >= 0.6 is 11.6 Å². The van der Waals surface area contributed by atoms with E-state index < -0.39 is 17.2 Å². The maximum Gasteiger partial charge on any atom is 0.260 e. The van der Waals surface area contributed by atoms with Crippen molar-refractivity contribution in [2.75, 3.05) is 7.11 Å². The van der Waals surface area contributed by atoms with E-state index in [1.807, 2.05) is 0 Å². The molecule has 4 aromatic rings. The summed E-state index contributed by atoms with van der Waals surface area (Å²) in [5, 5.41) is 1.09. The van der Waals surface area contributed by atoms with E-state index in [2.05, 4.69) is 9.97 Å². The van der Waals surface area contributed by atoms with E-state index in [-0.39, 0.29) is 5.56 Å². The first-order valence-electron chi connectivity index (χ1n) is 9.29. The van der Waals surface area contributed by atoms with E-state index in [4.69, 9.17) is 16.3 Å². The molecule has 0 unspecified atom stereocenters. The van der Waals surface area contributed by atoms with Gasteiger partial charge in [-0.15, -0.1) is 0 Å². The molecule has 154 valence electrons. The lowest BCUT2D eigenvalue weighted by Crippen LogP contribution is -2.18. The Morgan fingerprint density at radius 2 is 1.90 bits per heavy atom. The topological polar surface area (TPSA) is 72.0 Å². The summed E-state index contributed by atoms with van der Waals surface area (Å²) in [5.74, 6) is -0.410. The van der Waals surface area contributed by atoms with Crippen molar-refractivity contribution in [2.45, 2.75) is 0 Å². The van der Waals surface area contributed by atoms with Crippen molar-refractivity contribution in [2.24, 2.45) is 0 Å². The summed E-state index contributed by atoms with van der Waals surface area (Å²) in [6.07, 6.45) is 5.13. The largest absolute Gasteiger partial charge is 0.497 e. The van der Waals surface area contributed by atoms with Gasteiger partial charge >= 0.3 is 0 Å². The Balaban J connectivity index is 1.92. The Bertz CT molecular complexity index is 1380. The molecule has 0 spiro atoms. The lowest BCUT2D eigenvalue weighted by molar-refractivity contribution is 0.104. The molecule has 0 amide bonds. The third-order valence-corrected chi connectivity index (χ3v) is 4.99. The van der Waals surface area contributed by atoms with Gasteiger partial charge in [-0.25, -0.2) is 4.39 Å². The molecular weight excluding hydrogens is 419 g/mol. The Hall–Kier alpha value is -3.77.